The Hall–Kier alpha value is -5.37. The van der Waals surface area contributed by atoms with E-state index in [1.165, 1.54) is 10.5 Å². The zero-order valence-corrected chi connectivity index (χ0v) is 37.8. The summed E-state index contributed by atoms with van der Waals surface area (Å²) in [6, 6.07) is 15.4. The van der Waals surface area contributed by atoms with Crippen molar-refractivity contribution >= 4 is 41.2 Å². The quantitative estimate of drug-likeness (QED) is 0.0903. The first-order valence-electron chi connectivity index (χ1n) is 22.1. The fourth-order valence-electron chi connectivity index (χ4n) is 9.03. The van der Waals surface area contributed by atoms with Gasteiger partial charge in [0.2, 0.25) is 12.3 Å². The number of hydrazine groups is 1. The molecule has 62 heavy (non-hydrogen) atoms. The molecule has 2 aromatic heterocycles. The molecule has 0 radical (unpaired) electrons. The third-order valence-corrected chi connectivity index (χ3v) is 12.2. The molecule has 3 N–H and O–H groups in total. The van der Waals surface area contributed by atoms with Crippen molar-refractivity contribution in [3.63, 3.8) is 0 Å². The van der Waals surface area contributed by atoms with E-state index in [1.54, 1.807) is 19.2 Å². The number of carbonyl (C=O) groups is 4. The number of nitrogens with zero attached hydrogens (tertiary/aromatic N) is 4. The maximum Gasteiger partial charge on any atom is 0.293 e. The Morgan fingerprint density at radius 3 is 2.48 bits per heavy atom. The van der Waals surface area contributed by atoms with Gasteiger partial charge >= 0.3 is 0 Å². The van der Waals surface area contributed by atoms with Crippen LogP contribution < -0.4 is 16.1 Å². The van der Waals surface area contributed by atoms with Crippen molar-refractivity contribution in [2.75, 3.05) is 46.9 Å². The molecule has 3 amide bonds. The van der Waals surface area contributed by atoms with Gasteiger partial charge in [-0.1, -0.05) is 64.1 Å². The van der Waals surface area contributed by atoms with Crippen LogP contribution >= 0.6 is 0 Å². The summed E-state index contributed by atoms with van der Waals surface area (Å²) in [7, 11) is 3.30. The molecule has 0 spiro atoms. The Morgan fingerprint density at radius 2 is 1.82 bits per heavy atom. The Labute approximate surface area is 366 Å². The van der Waals surface area contributed by atoms with Crippen LogP contribution in [0.25, 0.3) is 38.9 Å². The van der Waals surface area contributed by atoms with Crippen molar-refractivity contribution in [3.8, 4) is 22.4 Å². The molecule has 2 aliphatic rings. The number of amides is 3. The largest absolute Gasteiger partial charge is 0.467 e. The van der Waals surface area contributed by atoms with Crippen LogP contribution in [-0.2, 0) is 48.0 Å². The maximum absolute atomic E-state index is 14.1. The Kier molecular flexibility index (Phi) is 15.4. The molecule has 6 rings (SSSR count). The summed E-state index contributed by atoms with van der Waals surface area (Å²) >= 11 is 0. The van der Waals surface area contributed by atoms with Crippen molar-refractivity contribution < 1.29 is 28.7 Å². The van der Waals surface area contributed by atoms with Crippen LogP contribution in [0.3, 0.4) is 0 Å². The fraction of sp³-hybridized carbons (Fsp3) is 0.490. The lowest BCUT2D eigenvalue weighted by atomic mass is 9.83. The van der Waals surface area contributed by atoms with E-state index >= 15 is 0 Å². The van der Waals surface area contributed by atoms with Gasteiger partial charge in [0, 0.05) is 74.8 Å². The zero-order chi connectivity index (χ0) is 44.6. The Balaban J connectivity index is 1.46. The zero-order valence-electron chi connectivity index (χ0n) is 37.8. The standard InChI is InChI=1S/C49H65N7O6/c1-9-55-43-16-15-37(36-14-12-13-34(23-36)24-42(48(60)56-22-11-10-19-52-56)53-47(59)45(32(2)3)54(7)30-57)25-39(43)41(27-49(5,6)29-62-31-58)46(55)40-26-38(35-17-20-50-21-18-35)28-51-44(40)33(4)61-8/h12-17,23,25-26,28,30-33,42,45,50,52H,9-11,18-22,24,27,29H2,1-8H3,(H,53,59). The molecule has 1 saturated heterocycles. The average Bonchev–Trinajstić information content (AvgIpc) is 3.59. The molecule has 0 aliphatic carbocycles. The molecule has 0 bridgehead atoms. The van der Waals surface area contributed by atoms with E-state index in [4.69, 9.17) is 14.5 Å². The van der Waals surface area contributed by atoms with E-state index in [2.05, 4.69) is 83.9 Å². The van der Waals surface area contributed by atoms with Crippen LogP contribution in [0.1, 0.15) is 89.3 Å². The van der Waals surface area contributed by atoms with Gasteiger partial charge in [-0.15, -0.1) is 0 Å². The minimum atomic E-state index is -0.857. The van der Waals surface area contributed by atoms with Crippen molar-refractivity contribution in [3.05, 3.63) is 83.2 Å². The van der Waals surface area contributed by atoms with Gasteiger partial charge in [0.1, 0.15) is 12.1 Å². The van der Waals surface area contributed by atoms with Gasteiger partial charge in [0.15, 0.2) is 0 Å². The van der Waals surface area contributed by atoms with Gasteiger partial charge in [-0.2, -0.15) is 0 Å². The van der Waals surface area contributed by atoms with Crippen LogP contribution in [0, 0.1) is 11.3 Å². The molecular weight excluding hydrogens is 783 g/mol. The van der Waals surface area contributed by atoms with E-state index in [1.807, 2.05) is 39.1 Å². The minimum Gasteiger partial charge on any atom is -0.467 e. The predicted octanol–water partition coefficient (Wildman–Crippen LogP) is 6.48. The van der Waals surface area contributed by atoms with E-state index in [0.717, 1.165) is 88.0 Å². The number of methoxy groups -OCH3 is 1. The van der Waals surface area contributed by atoms with Crippen molar-refractivity contribution in [2.24, 2.45) is 11.3 Å². The van der Waals surface area contributed by atoms with Crippen LogP contribution in [0.5, 0.6) is 0 Å². The molecule has 3 unspecified atom stereocenters. The Morgan fingerprint density at radius 1 is 1.03 bits per heavy atom. The van der Waals surface area contributed by atoms with E-state index < -0.39 is 17.5 Å². The number of nitrogens with one attached hydrogen (secondary N) is 3. The van der Waals surface area contributed by atoms with Gasteiger partial charge in [0.25, 0.3) is 12.4 Å². The molecule has 1 fully saturated rings. The van der Waals surface area contributed by atoms with E-state index in [0.29, 0.717) is 38.9 Å². The third kappa shape index (κ3) is 10.4. The number of aromatic nitrogens is 2. The number of aryl methyl sites for hydroxylation is 1. The third-order valence-electron chi connectivity index (χ3n) is 12.2. The molecule has 2 aliphatic heterocycles. The van der Waals surface area contributed by atoms with Gasteiger partial charge in [0.05, 0.1) is 24.1 Å². The lowest BCUT2D eigenvalue weighted by molar-refractivity contribution is -0.142. The van der Waals surface area contributed by atoms with Crippen LogP contribution in [-0.4, -0.2) is 103 Å². The lowest BCUT2D eigenvalue weighted by Gasteiger charge is -2.33. The summed E-state index contributed by atoms with van der Waals surface area (Å²) in [5.41, 5.74) is 13.2. The van der Waals surface area contributed by atoms with Crippen LogP contribution in [0.15, 0.2) is 60.8 Å². The first kappa shape index (κ1) is 46.1. The number of hydrogen-bond acceptors (Lipinski definition) is 9. The molecule has 4 heterocycles. The molecule has 13 heteroatoms. The normalized spacial score (nSPS) is 16.1. The Bertz CT molecular complexity index is 2260. The lowest BCUT2D eigenvalue weighted by Crippen LogP contribution is -2.58. The van der Waals surface area contributed by atoms with E-state index in [-0.39, 0.29) is 36.9 Å². The number of ether oxygens (including phenoxy) is 2. The van der Waals surface area contributed by atoms with Crippen LogP contribution in [0.4, 0.5) is 0 Å². The molecular formula is C49H65N7O6. The minimum absolute atomic E-state index is 0.162. The number of carbonyl (C=O) groups excluding carboxylic acids is 4. The topological polar surface area (TPSA) is 147 Å². The van der Waals surface area contributed by atoms with E-state index in [9.17, 15) is 19.2 Å². The monoisotopic (exact) mass is 847 g/mol. The summed E-state index contributed by atoms with van der Waals surface area (Å²) in [5, 5.41) is 9.16. The second kappa shape index (κ2) is 20.7. The van der Waals surface area contributed by atoms with Gasteiger partial charge in [-0.3, -0.25) is 29.2 Å². The molecule has 3 atom stereocenters. The first-order valence-corrected chi connectivity index (χ1v) is 22.1. The summed E-state index contributed by atoms with van der Waals surface area (Å²) < 4.78 is 13.7. The second-order valence-corrected chi connectivity index (χ2v) is 17.8. The second-order valence-electron chi connectivity index (χ2n) is 17.8. The number of hydrogen-bond donors (Lipinski definition) is 3. The maximum atomic E-state index is 14.1. The number of pyridine rings is 1. The molecule has 332 valence electrons. The highest BCUT2D eigenvalue weighted by Gasteiger charge is 2.33. The molecule has 2 aromatic carbocycles. The average molecular weight is 848 g/mol. The SMILES string of the molecule is CCn1c(-c2cc(C3=CCNCC3)cnc2C(C)OC)c(CC(C)(C)COC=O)c2cc(-c3cccc(CC(NC(=O)C(C(C)C)N(C)C=O)C(=O)N4CCCCN4)c3)ccc21. The first-order chi connectivity index (χ1) is 29.8. The number of rotatable bonds is 19. The highest BCUT2D eigenvalue weighted by atomic mass is 16.5. The number of benzene rings is 2. The molecule has 4 aromatic rings. The van der Waals surface area contributed by atoms with Gasteiger partial charge in [-0.25, -0.2) is 5.43 Å². The summed E-state index contributed by atoms with van der Waals surface area (Å²) in [6.07, 6.45) is 8.22. The van der Waals surface area contributed by atoms with Crippen molar-refractivity contribution in [1.29, 1.82) is 0 Å². The fourth-order valence-corrected chi connectivity index (χ4v) is 9.03. The van der Waals surface area contributed by atoms with Gasteiger partial charge < -0.3 is 29.6 Å². The summed E-state index contributed by atoms with van der Waals surface area (Å²) in [6.45, 7) is 16.6. The smallest absolute Gasteiger partial charge is 0.293 e. The number of fused-ring (bicyclic) bond motifs is 1. The van der Waals surface area contributed by atoms with Crippen molar-refractivity contribution in [1.82, 2.24) is 35.5 Å². The van der Waals surface area contributed by atoms with Gasteiger partial charge in [-0.05, 0) is 104 Å². The number of likely N-dealkylation sites (N-methyl/N-ethyl adjacent to an activating group) is 1. The van der Waals surface area contributed by atoms with Crippen LogP contribution in [0.2, 0.25) is 0 Å². The highest BCUT2D eigenvalue weighted by molar-refractivity contribution is 5.96. The van der Waals surface area contributed by atoms with Crippen molar-refractivity contribution in [2.45, 2.75) is 98.4 Å². The molecule has 13 nitrogen and oxygen atoms in total. The molecule has 0 saturated carbocycles. The summed E-state index contributed by atoms with van der Waals surface area (Å²) in [5.74, 6) is -0.740. The summed E-state index contributed by atoms with van der Waals surface area (Å²) in [4.78, 5) is 57.5. The highest BCUT2D eigenvalue weighted by Crippen LogP contribution is 2.43. The predicted molar refractivity (Wildman–Crippen MR) is 244 cm³/mol.